The van der Waals surface area contributed by atoms with Gasteiger partial charge in [0.25, 0.3) is 5.91 Å². The number of anilines is 1. The lowest BCUT2D eigenvalue weighted by Gasteiger charge is -2.35. The number of hydrogen-bond donors (Lipinski definition) is 1. The van der Waals surface area contributed by atoms with Gasteiger partial charge in [-0.25, -0.2) is 4.79 Å². The molecule has 2 heterocycles. The van der Waals surface area contributed by atoms with Crippen LogP contribution in [0.3, 0.4) is 0 Å². The van der Waals surface area contributed by atoms with Gasteiger partial charge in [-0.15, -0.1) is 0 Å². The molecule has 0 radical (unpaired) electrons. The van der Waals surface area contributed by atoms with Gasteiger partial charge in [-0.1, -0.05) is 12.1 Å². The van der Waals surface area contributed by atoms with E-state index in [0.29, 0.717) is 30.9 Å². The third-order valence-electron chi connectivity index (χ3n) is 5.47. The normalized spacial score (nSPS) is 16.0. The minimum Gasteiger partial charge on any atom is -0.493 e. The van der Waals surface area contributed by atoms with Crippen LogP contribution in [0.25, 0.3) is 0 Å². The Bertz CT molecular complexity index is 905. The largest absolute Gasteiger partial charge is 0.493 e. The molecule has 0 unspecified atom stereocenters. The Kier molecular flexibility index (Phi) is 6.18. The van der Waals surface area contributed by atoms with Crippen molar-refractivity contribution < 1.29 is 19.1 Å². The number of ether oxygens (including phenoxy) is 2. The molecule has 7 heteroatoms. The summed E-state index contributed by atoms with van der Waals surface area (Å²) < 4.78 is 10.4. The Labute approximate surface area is 176 Å². The van der Waals surface area contributed by atoms with Crippen LogP contribution in [0.1, 0.15) is 28.4 Å². The minimum absolute atomic E-state index is 0.0204. The highest BCUT2D eigenvalue weighted by Gasteiger charge is 2.22. The molecule has 30 heavy (non-hydrogen) atoms. The van der Waals surface area contributed by atoms with E-state index in [-0.39, 0.29) is 5.91 Å². The summed E-state index contributed by atoms with van der Waals surface area (Å²) in [7, 11) is 0. The van der Waals surface area contributed by atoms with Gasteiger partial charge in [0, 0.05) is 50.4 Å². The first kappa shape index (κ1) is 20.2. The maximum Gasteiger partial charge on any atom is 0.411 e. The molecule has 2 aromatic carbocycles. The molecular formula is C23H27N3O4. The van der Waals surface area contributed by atoms with Crippen LogP contribution in [0.2, 0.25) is 0 Å². The third-order valence-corrected chi connectivity index (χ3v) is 5.47. The monoisotopic (exact) mass is 409 g/mol. The molecular weight excluding hydrogens is 382 g/mol. The number of amides is 2. The maximum absolute atomic E-state index is 12.8. The predicted octanol–water partition coefficient (Wildman–Crippen LogP) is 3.15. The summed E-state index contributed by atoms with van der Waals surface area (Å²) >= 11 is 0. The zero-order valence-corrected chi connectivity index (χ0v) is 17.2. The molecule has 4 rings (SSSR count). The van der Waals surface area contributed by atoms with Crippen molar-refractivity contribution in [2.45, 2.75) is 19.9 Å². The smallest absolute Gasteiger partial charge is 0.411 e. The summed E-state index contributed by atoms with van der Waals surface area (Å²) in [5.41, 5.74) is 3.82. The maximum atomic E-state index is 12.8. The average molecular weight is 409 g/mol. The van der Waals surface area contributed by atoms with Crippen molar-refractivity contribution in [2.24, 2.45) is 0 Å². The molecule has 0 aromatic heterocycles. The minimum atomic E-state index is -0.497. The quantitative estimate of drug-likeness (QED) is 0.822. The van der Waals surface area contributed by atoms with Crippen molar-refractivity contribution in [3.05, 3.63) is 59.2 Å². The van der Waals surface area contributed by atoms with Crippen molar-refractivity contribution in [3.63, 3.8) is 0 Å². The molecule has 2 amide bonds. The van der Waals surface area contributed by atoms with E-state index in [2.05, 4.69) is 28.4 Å². The van der Waals surface area contributed by atoms with E-state index in [4.69, 9.17) is 9.47 Å². The van der Waals surface area contributed by atoms with E-state index in [1.165, 1.54) is 11.1 Å². The highest BCUT2D eigenvalue weighted by Crippen LogP contribution is 2.26. The molecule has 0 spiro atoms. The van der Waals surface area contributed by atoms with Gasteiger partial charge < -0.3 is 14.4 Å². The number of rotatable bonds is 5. The van der Waals surface area contributed by atoms with Crippen LogP contribution in [0.4, 0.5) is 10.5 Å². The number of carbonyl (C=O) groups excluding carboxylic acids is 2. The second kappa shape index (κ2) is 9.17. The molecule has 0 atom stereocenters. The second-order valence-electron chi connectivity index (χ2n) is 7.53. The second-order valence-corrected chi connectivity index (χ2v) is 7.53. The number of piperazine rings is 1. The fraction of sp³-hybridized carbons (Fsp3) is 0.391. The van der Waals surface area contributed by atoms with E-state index >= 15 is 0 Å². The molecule has 7 nitrogen and oxygen atoms in total. The lowest BCUT2D eigenvalue weighted by Crippen LogP contribution is -2.48. The Morgan fingerprint density at radius 3 is 2.57 bits per heavy atom. The fourth-order valence-electron chi connectivity index (χ4n) is 3.87. The summed E-state index contributed by atoms with van der Waals surface area (Å²) in [6.45, 7) is 6.84. The van der Waals surface area contributed by atoms with E-state index in [1.807, 2.05) is 4.90 Å². The van der Waals surface area contributed by atoms with E-state index in [1.54, 1.807) is 31.2 Å². The zero-order valence-electron chi connectivity index (χ0n) is 17.2. The zero-order chi connectivity index (χ0) is 20.9. The molecule has 158 valence electrons. The predicted molar refractivity (Wildman–Crippen MR) is 114 cm³/mol. The molecule has 1 fully saturated rings. The van der Waals surface area contributed by atoms with Crippen molar-refractivity contribution in [2.75, 3.05) is 44.7 Å². The third kappa shape index (κ3) is 4.74. The number of nitrogens with one attached hydrogen (secondary N) is 1. The van der Waals surface area contributed by atoms with E-state index in [0.717, 1.165) is 38.4 Å². The number of nitrogens with zero attached hydrogens (tertiary/aromatic N) is 2. The van der Waals surface area contributed by atoms with Gasteiger partial charge >= 0.3 is 6.09 Å². The highest BCUT2D eigenvalue weighted by atomic mass is 16.5. The summed E-state index contributed by atoms with van der Waals surface area (Å²) in [4.78, 5) is 28.6. The molecule has 0 bridgehead atoms. The Morgan fingerprint density at radius 1 is 1.07 bits per heavy atom. The topological polar surface area (TPSA) is 71.1 Å². The van der Waals surface area contributed by atoms with Gasteiger partial charge in [0.1, 0.15) is 5.75 Å². The molecule has 2 aromatic rings. The number of carbonyl (C=O) groups is 2. The Hall–Kier alpha value is -3.06. The summed E-state index contributed by atoms with van der Waals surface area (Å²) in [5.74, 6) is 1.03. The molecule has 1 saturated heterocycles. The van der Waals surface area contributed by atoms with Gasteiger partial charge in [-0.3, -0.25) is 15.0 Å². The first-order valence-corrected chi connectivity index (χ1v) is 10.4. The number of benzene rings is 2. The van der Waals surface area contributed by atoms with Gasteiger partial charge in [0.05, 0.1) is 13.2 Å². The van der Waals surface area contributed by atoms with Crippen LogP contribution in [-0.2, 0) is 17.7 Å². The fourth-order valence-corrected chi connectivity index (χ4v) is 3.87. The highest BCUT2D eigenvalue weighted by molar-refractivity contribution is 5.95. The SMILES string of the molecule is CCOC(=O)Nc1ccc(C(=O)N2CCN(Cc3ccc4c(c3)CCO4)CC2)cc1. The van der Waals surface area contributed by atoms with Crippen molar-refractivity contribution >= 4 is 17.7 Å². The molecule has 0 aliphatic carbocycles. The molecule has 2 aliphatic heterocycles. The lowest BCUT2D eigenvalue weighted by atomic mass is 10.1. The number of hydrogen-bond acceptors (Lipinski definition) is 5. The standard InChI is InChI=1S/C23H27N3O4/c1-2-29-23(28)24-20-6-4-18(5-7-20)22(27)26-12-10-25(11-13-26)16-17-3-8-21-19(15-17)9-14-30-21/h3-8,15H,2,9-14,16H2,1H3,(H,24,28). The van der Waals surface area contributed by atoms with E-state index < -0.39 is 6.09 Å². The number of fused-ring (bicyclic) bond motifs is 1. The Balaban J connectivity index is 1.28. The van der Waals surface area contributed by atoms with Crippen molar-refractivity contribution in [3.8, 4) is 5.75 Å². The van der Waals surface area contributed by atoms with Crippen molar-refractivity contribution in [1.29, 1.82) is 0 Å². The summed E-state index contributed by atoms with van der Waals surface area (Å²) in [6.07, 6.45) is 0.489. The van der Waals surface area contributed by atoms with Crippen molar-refractivity contribution in [1.82, 2.24) is 9.80 Å². The van der Waals surface area contributed by atoms with Crippen LogP contribution in [-0.4, -0.2) is 61.2 Å². The molecule has 2 aliphatic rings. The summed E-state index contributed by atoms with van der Waals surface area (Å²) in [5, 5.41) is 2.63. The first-order chi connectivity index (χ1) is 14.6. The molecule has 1 N–H and O–H groups in total. The average Bonchev–Trinajstić information content (AvgIpc) is 3.22. The van der Waals surface area contributed by atoms with Crippen LogP contribution in [0.5, 0.6) is 5.75 Å². The van der Waals surface area contributed by atoms with Gasteiger partial charge in [0.2, 0.25) is 0 Å². The summed E-state index contributed by atoms with van der Waals surface area (Å²) in [6, 6.07) is 13.4. The van der Waals surface area contributed by atoms with Crippen LogP contribution in [0.15, 0.2) is 42.5 Å². The lowest BCUT2D eigenvalue weighted by molar-refractivity contribution is 0.0628. The Morgan fingerprint density at radius 2 is 1.83 bits per heavy atom. The van der Waals surface area contributed by atoms with Crippen LogP contribution in [0, 0.1) is 0 Å². The van der Waals surface area contributed by atoms with Gasteiger partial charge in [-0.05, 0) is 48.4 Å². The van der Waals surface area contributed by atoms with E-state index in [9.17, 15) is 9.59 Å². The molecule has 0 saturated carbocycles. The van der Waals surface area contributed by atoms with Gasteiger partial charge in [0.15, 0.2) is 0 Å². The van der Waals surface area contributed by atoms with Gasteiger partial charge in [-0.2, -0.15) is 0 Å². The van der Waals surface area contributed by atoms with Crippen LogP contribution >= 0.6 is 0 Å². The first-order valence-electron chi connectivity index (χ1n) is 10.4. The van der Waals surface area contributed by atoms with Crippen LogP contribution < -0.4 is 10.1 Å².